The molecule has 2 heteroatoms. The Bertz CT molecular complexity index is 431. The number of benzene rings is 1. The number of aliphatic hydroxyl groups is 1. The molecule has 0 aliphatic heterocycles. The van der Waals surface area contributed by atoms with E-state index in [1.807, 2.05) is 18.3 Å². The van der Waals surface area contributed by atoms with Gasteiger partial charge < -0.3 is 9.67 Å². The van der Waals surface area contributed by atoms with Crippen LogP contribution in [0.3, 0.4) is 0 Å². The summed E-state index contributed by atoms with van der Waals surface area (Å²) >= 11 is 0. The molecule has 1 N–H and O–H groups in total. The predicted octanol–water partition coefficient (Wildman–Crippen LogP) is 2.34. The van der Waals surface area contributed by atoms with E-state index in [0.29, 0.717) is 0 Å². The highest BCUT2D eigenvalue weighted by molar-refractivity contribution is 5.83. The number of nitrogens with zero attached hydrogens (tertiary/aromatic N) is 1. The number of fused-ring (bicyclic) bond motifs is 1. The molecule has 1 radical (unpaired) electrons. The van der Waals surface area contributed by atoms with Crippen LogP contribution in [0.25, 0.3) is 10.9 Å². The van der Waals surface area contributed by atoms with Crippen LogP contribution in [0, 0.1) is 6.07 Å². The Balaban J connectivity index is 2.61. The van der Waals surface area contributed by atoms with Gasteiger partial charge >= 0.3 is 0 Å². The minimum Gasteiger partial charge on any atom is -0.392 e. The van der Waals surface area contributed by atoms with E-state index in [-0.39, 0.29) is 6.61 Å². The van der Waals surface area contributed by atoms with Crippen LogP contribution in [0.4, 0.5) is 0 Å². The van der Waals surface area contributed by atoms with E-state index in [9.17, 15) is 5.11 Å². The van der Waals surface area contributed by atoms with Crippen LogP contribution >= 0.6 is 0 Å². The maximum Gasteiger partial charge on any atom is 0.0702 e. The highest BCUT2D eigenvalue weighted by atomic mass is 16.3. The maximum absolute atomic E-state index is 9.18. The van der Waals surface area contributed by atoms with E-state index in [1.54, 1.807) is 0 Å². The lowest BCUT2D eigenvalue weighted by molar-refractivity contribution is 0.283. The number of aryl methyl sites for hydroxylation is 1. The molecule has 1 heterocycles. The molecule has 1 aromatic carbocycles. The Hall–Kier alpha value is -1.28. The Morgan fingerprint density at radius 3 is 3.07 bits per heavy atom. The van der Waals surface area contributed by atoms with Crippen molar-refractivity contribution in [2.45, 2.75) is 26.5 Å². The van der Waals surface area contributed by atoms with Crippen LogP contribution in [-0.2, 0) is 13.2 Å². The Labute approximate surface area is 83.8 Å². The summed E-state index contributed by atoms with van der Waals surface area (Å²) in [6, 6.07) is 9.11. The number of aromatic nitrogens is 1. The van der Waals surface area contributed by atoms with Gasteiger partial charge in [0, 0.05) is 29.2 Å². The average molecular weight is 188 g/mol. The van der Waals surface area contributed by atoms with Gasteiger partial charge in [0.15, 0.2) is 0 Å². The summed E-state index contributed by atoms with van der Waals surface area (Å²) in [5, 5.41) is 10.2. The Morgan fingerprint density at radius 2 is 2.36 bits per heavy atom. The lowest BCUT2D eigenvalue weighted by Gasteiger charge is -2.00. The van der Waals surface area contributed by atoms with E-state index in [4.69, 9.17) is 0 Å². The number of hydrogen-bond donors (Lipinski definition) is 1. The van der Waals surface area contributed by atoms with Crippen LogP contribution in [0.5, 0.6) is 0 Å². The molecule has 0 unspecified atom stereocenters. The van der Waals surface area contributed by atoms with Crippen molar-refractivity contribution in [2.24, 2.45) is 0 Å². The van der Waals surface area contributed by atoms with Crippen molar-refractivity contribution in [3.63, 3.8) is 0 Å². The van der Waals surface area contributed by atoms with Crippen molar-refractivity contribution in [3.05, 3.63) is 36.0 Å². The molecular formula is C12H14NO. The van der Waals surface area contributed by atoms with E-state index in [1.165, 1.54) is 5.52 Å². The van der Waals surface area contributed by atoms with Crippen LogP contribution < -0.4 is 0 Å². The average Bonchev–Trinajstić information content (AvgIpc) is 2.58. The van der Waals surface area contributed by atoms with Crippen LogP contribution in [-0.4, -0.2) is 9.67 Å². The molecule has 14 heavy (non-hydrogen) atoms. The van der Waals surface area contributed by atoms with Crippen molar-refractivity contribution in [1.82, 2.24) is 4.57 Å². The molecule has 0 fully saturated rings. The van der Waals surface area contributed by atoms with Gasteiger partial charge in [0.05, 0.1) is 6.61 Å². The van der Waals surface area contributed by atoms with Gasteiger partial charge in [-0.2, -0.15) is 0 Å². The standard InChI is InChI=1S/C12H14NO/c1-2-7-13-8-10(9-14)11-5-3-4-6-12(11)13/h3-4,6,8,14H,2,7,9H2,1H3. The van der Waals surface area contributed by atoms with E-state index in [2.05, 4.69) is 23.6 Å². The van der Waals surface area contributed by atoms with Crippen LogP contribution in [0.15, 0.2) is 24.4 Å². The van der Waals surface area contributed by atoms with Gasteiger partial charge in [-0.15, -0.1) is 0 Å². The molecule has 73 valence electrons. The minimum absolute atomic E-state index is 0.0910. The summed E-state index contributed by atoms with van der Waals surface area (Å²) in [7, 11) is 0. The third kappa shape index (κ3) is 1.42. The summed E-state index contributed by atoms with van der Waals surface area (Å²) in [5.74, 6) is 0. The molecule has 0 spiro atoms. The zero-order valence-corrected chi connectivity index (χ0v) is 8.33. The molecule has 0 saturated heterocycles. The largest absolute Gasteiger partial charge is 0.392 e. The van der Waals surface area contributed by atoms with Crippen molar-refractivity contribution in [1.29, 1.82) is 0 Å². The normalized spacial score (nSPS) is 11.0. The topological polar surface area (TPSA) is 25.2 Å². The van der Waals surface area contributed by atoms with Gasteiger partial charge in [0.2, 0.25) is 0 Å². The first-order chi connectivity index (χ1) is 6.86. The van der Waals surface area contributed by atoms with E-state index in [0.717, 1.165) is 23.9 Å². The zero-order chi connectivity index (χ0) is 9.97. The van der Waals surface area contributed by atoms with Crippen LogP contribution in [0.2, 0.25) is 0 Å². The third-order valence-electron chi connectivity index (χ3n) is 2.41. The summed E-state index contributed by atoms with van der Waals surface area (Å²) in [6.07, 6.45) is 3.12. The fraction of sp³-hybridized carbons (Fsp3) is 0.333. The first kappa shape index (κ1) is 9.28. The lowest BCUT2D eigenvalue weighted by atomic mass is 10.2. The van der Waals surface area contributed by atoms with Crippen molar-refractivity contribution in [3.8, 4) is 0 Å². The lowest BCUT2D eigenvalue weighted by Crippen LogP contribution is -1.93. The second-order valence-corrected chi connectivity index (χ2v) is 3.44. The monoisotopic (exact) mass is 188 g/mol. The Morgan fingerprint density at radius 1 is 1.50 bits per heavy atom. The molecule has 2 aromatic rings. The highest BCUT2D eigenvalue weighted by Gasteiger charge is 2.05. The van der Waals surface area contributed by atoms with E-state index < -0.39 is 0 Å². The zero-order valence-electron chi connectivity index (χ0n) is 8.33. The smallest absolute Gasteiger partial charge is 0.0702 e. The van der Waals surface area contributed by atoms with Gasteiger partial charge in [0.1, 0.15) is 0 Å². The molecule has 1 aromatic heterocycles. The third-order valence-corrected chi connectivity index (χ3v) is 2.41. The summed E-state index contributed by atoms with van der Waals surface area (Å²) in [6.45, 7) is 3.24. The number of aliphatic hydroxyl groups excluding tert-OH is 1. The van der Waals surface area contributed by atoms with Gasteiger partial charge in [-0.3, -0.25) is 0 Å². The molecule has 0 aliphatic carbocycles. The first-order valence-electron chi connectivity index (χ1n) is 4.96. The molecular weight excluding hydrogens is 174 g/mol. The van der Waals surface area contributed by atoms with Gasteiger partial charge in [-0.05, 0) is 18.6 Å². The summed E-state index contributed by atoms with van der Waals surface area (Å²) in [4.78, 5) is 0. The maximum atomic E-state index is 9.18. The minimum atomic E-state index is 0.0910. The number of hydrogen-bond acceptors (Lipinski definition) is 1. The second-order valence-electron chi connectivity index (χ2n) is 3.44. The number of rotatable bonds is 3. The molecule has 0 bridgehead atoms. The quantitative estimate of drug-likeness (QED) is 0.785. The first-order valence-corrected chi connectivity index (χ1v) is 4.96. The fourth-order valence-electron chi connectivity index (χ4n) is 1.79. The summed E-state index contributed by atoms with van der Waals surface area (Å²) < 4.78 is 2.18. The second kappa shape index (κ2) is 3.84. The summed E-state index contributed by atoms with van der Waals surface area (Å²) in [5.41, 5.74) is 2.13. The SMILES string of the molecule is CCCn1cc(CO)c2[c]cccc21. The Kier molecular flexibility index (Phi) is 2.55. The molecule has 0 aliphatic rings. The van der Waals surface area contributed by atoms with Gasteiger partial charge in [-0.1, -0.05) is 19.1 Å². The van der Waals surface area contributed by atoms with Crippen molar-refractivity contribution >= 4 is 10.9 Å². The predicted molar refractivity (Wildman–Crippen MR) is 57.0 cm³/mol. The fourth-order valence-corrected chi connectivity index (χ4v) is 1.79. The van der Waals surface area contributed by atoms with Crippen molar-refractivity contribution in [2.75, 3.05) is 0 Å². The van der Waals surface area contributed by atoms with Crippen LogP contribution in [0.1, 0.15) is 18.9 Å². The molecule has 2 rings (SSSR count). The van der Waals surface area contributed by atoms with Gasteiger partial charge in [-0.25, -0.2) is 0 Å². The molecule has 0 amide bonds. The van der Waals surface area contributed by atoms with Gasteiger partial charge in [0.25, 0.3) is 0 Å². The highest BCUT2D eigenvalue weighted by Crippen LogP contribution is 2.20. The molecule has 0 saturated carbocycles. The van der Waals surface area contributed by atoms with Crippen molar-refractivity contribution < 1.29 is 5.11 Å². The molecule has 0 atom stereocenters. The molecule has 2 nitrogen and oxygen atoms in total. The van der Waals surface area contributed by atoms with E-state index >= 15 is 0 Å².